The van der Waals surface area contributed by atoms with Crippen molar-refractivity contribution in [3.05, 3.63) is 47.1 Å². The van der Waals surface area contributed by atoms with E-state index in [-0.39, 0.29) is 5.91 Å². The zero-order chi connectivity index (χ0) is 18.1. The minimum absolute atomic E-state index is 0.0274. The minimum Gasteiger partial charge on any atom is -0.361 e. The van der Waals surface area contributed by atoms with Gasteiger partial charge in [0.15, 0.2) is 5.69 Å². The van der Waals surface area contributed by atoms with Gasteiger partial charge in [0.05, 0.1) is 0 Å². The molecule has 2 aromatic rings. The summed E-state index contributed by atoms with van der Waals surface area (Å²) in [6.07, 6.45) is 6.06. The van der Waals surface area contributed by atoms with Gasteiger partial charge < -0.3 is 9.42 Å². The SMILES string of the molecule is Cc1onc(C(=O)N2C[C@H]3CCN(Cc4cccnc4)CC[C@H]3C2)c1C. The molecule has 26 heavy (non-hydrogen) atoms. The summed E-state index contributed by atoms with van der Waals surface area (Å²) >= 11 is 0. The Morgan fingerprint density at radius 2 is 1.96 bits per heavy atom. The van der Waals surface area contributed by atoms with Gasteiger partial charge in [-0.15, -0.1) is 0 Å². The Morgan fingerprint density at radius 3 is 2.54 bits per heavy atom. The molecule has 4 rings (SSSR count). The zero-order valence-electron chi connectivity index (χ0n) is 15.5. The number of likely N-dealkylation sites (tertiary alicyclic amines) is 2. The number of hydrogen-bond acceptors (Lipinski definition) is 5. The fourth-order valence-electron chi connectivity index (χ4n) is 4.24. The van der Waals surface area contributed by atoms with Gasteiger partial charge in [0.1, 0.15) is 5.76 Å². The van der Waals surface area contributed by atoms with Crippen molar-refractivity contribution in [3.63, 3.8) is 0 Å². The van der Waals surface area contributed by atoms with Crippen LogP contribution in [-0.4, -0.2) is 52.0 Å². The van der Waals surface area contributed by atoms with Crippen molar-refractivity contribution in [1.29, 1.82) is 0 Å². The summed E-state index contributed by atoms with van der Waals surface area (Å²) in [5.74, 6) is 1.93. The number of hydrogen-bond donors (Lipinski definition) is 0. The molecule has 0 unspecified atom stereocenters. The summed E-state index contributed by atoms with van der Waals surface area (Å²) < 4.78 is 5.18. The first-order valence-electron chi connectivity index (χ1n) is 9.45. The molecule has 2 saturated heterocycles. The highest BCUT2D eigenvalue weighted by Crippen LogP contribution is 2.33. The molecule has 0 radical (unpaired) electrons. The lowest BCUT2D eigenvalue weighted by atomic mass is 9.92. The van der Waals surface area contributed by atoms with Crippen LogP contribution in [0.2, 0.25) is 0 Å². The van der Waals surface area contributed by atoms with Crippen LogP contribution in [0.5, 0.6) is 0 Å². The molecular weight excluding hydrogens is 328 g/mol. The Labute approximate surface area is 154 Å². The molecule has 0 aromatic carbocycles. The number of aryl methyl sites for hydroxylation is 1. The van der Waals surface area contributed by atoms with Crippen molar-refractivity contribution in [2.45, 2.75) is 33.2 Å². The highest BCUT2D eigenvalue weighted by molar-refractivity contribution is 5.93. The second-order valence-electron chi connectivity index (χ2n) is 7.66. The Morgan fingerprint density at radius 1 is 1.23 bits per heavy atom. The summed E-state index contributed by atoms with van der Waals surface area (Å²) in [7, 11) is 0. The van der Waals surface area contributed by atoms with Crippen LogP contribution in [0.1, 0.15) is 40.2 Å². The summed E-state index contributed by atoms with van der Waals surface area (Å²) in [6.45, 7) is 8.58. The number of aromatic nitrogens is 2. The lowest BCUT2D eigenvalue weighted by Crippen LogP contribution is -2.31. The van der Waals surface area contributed by atoms with Crippen LogP contribution in [0, 0.1) is 25.7 Å². The van der Waals surface area contributed by atoms with E-state index in [2.05, 4.69) is 21.1 Å². The second-order valence-corrected chi connectivity index (χ2v) is 7.66. The highest BCUT2D eigenvalue weighted by atomic mass is 16.5. The molecule has 0 N–H and O–H groups in total. The normalized spacial score (nSPS) is 23.7. The van der Waals surface area contributed by atoms with Gasteiger partial charge in [0.25, 0.3) is 5.91 Å². The fraction of sp³-hybridized carbons (Fsp3) is 0.550. The number of carbonyl (C=O) groups excluding carboxylic acids is 1. The third-order valence-electron chi connectivity index (χ3n) is 5.98. The molecule has 6 nitrogen and oxygen atoms in total. The molecule has 0 spiro atoms. The Bertz CT molecular complexity index is 757. The maximum absolute atomic E-state index is 12.8. The predicted molar refractivity (Wildman–Crippen MR) is 97.6 cm³/mol. The molecule has 0 saturated carbocycles. The summed E-state index contributed by atoms with van der Waals surface area (Å²) in [4.78, 5) is 21.5. The highest BCUT2D eigenvalue weighted by Gasteiger charge is 2.38. The molecule has 2 aliphatic rings. The minimum atomic E-state index is 0.0274. The predicted octanol–water partition coefficient (Wildman–Crippen LogP) is 2.67. The van der Waals surface area contributed by atoms with Crippen LogP contribution in [0.4, 0.5) is 0 Å². The summed E-state index contributed by atoms with van der Waals surface area (Å²) in [5, 5.41) is 3.97. The number of amides is 1. The molecule has 138 valence electrons. The zero-order valence-corrected chi connectivity index (χ0v) is 15.5. The fourth-order valence-corrected chi connectivity index (χ4v) is 4.24. The molecule has 2 aromatic heterocycles. The van der Waals surface area contributed by atoms with E-state index in [1.165, 1.54) is 5.56 Å². The van der Waals surface area contributed by atoms with Crippen LogP contribution in [0.25, 0.3) is 0 Å². The van der Waals surface area contributed by atoms with E-state index in [9.17, 15) is 4.79 Å². The van der Waals surface area contributed by atoms with Crippen LogP contribution >= 0.6 is 0 Å². The van der Waals surface area contributed by atoms with Crippen molar-refractivity contribution in [2.75, 3.05) is 26.2 Å². The van der Waals surface area contributed by atoms with Crippen LogP contribution in [-0.2, 0) is 6.54 Å². The van der Waals surface area contributed by atoms with Crippen molar-refractivity contribution in [1.82, 2.24) is 19.9 Å². The standard InChI is InChI=1S/C20H26N4O2/c1-14-15(2)26-22-19(14)20(25)24-12-17-5-8-23(9-6-18(17)13-24)11-16-4-3-7-21-10-16/h3-4,7,10,17-18H,5-6,8-9,11-13H2,1-2H3/t17-,18+. The van der Waals surface area contributed by atoms with Crippen molar-refractivity contribution < 1.29 is 9.32 Å². The van der Waals surface area contributed by atoms with E-state index < -0.39 is 0 Å². The summed E-state index contributed by atoms with van der Waals surface area (Å²) in [6, 6.07) is 4.14. The molecule has 4 heterocycles. The molecule has 6 heteroatoms. The van der Waals surface area contributed by atoms with Crippen LogP contribution in [0.3, 0.4) is 0 Å². The smallest absolute Gasteiger partial charge is 0.276 e. The maximum Gasteiger partial charge on any atom is 0.276 e. The van der Waals surface area contributed by atoms with Crippen LogP contribution < -0.4 is 0 Å². The number of pyridine rings is 1. The summed E-state index contributed by atoms with van der Waals surface area (Å²) in [5.41, 5.74) is 2.62. The van der Waals surface area contributed by atoms with Gasteiger partial charge in [-0.05, 0) is 63.2 Å². The Balaban J connectivity index is 1.36. The molecule has 0 aliphatic carbocycles. The molecule has 2 fully saturated rings. The first-order chi connectivity index (χ1) is 12.6. The average Bonchev–Trinajstić information content (AvgIpc) is 3.16. The second kappa shape index (κ2) is 7.19. The van der Waals surface area contributed by atoms with E-state index in [0.29, 0.717) is 17.5 Å². The molecule has 0 bridgehead atoms. The topological polar surface area (TPSA) is 62.5 Å². The third kappa shape index (κ3) is 3.38. The number of nitrogens with zero attached hydrogens (tertiary/aromatic N) is 4. The van der Waals surface area contributed by atoms with E-state index in [4.69, 9.17) is 4.52 Å². The van der Waals surface area contributed by atoms with Gasteiger partial charge in [0.2, 0.25) is 0 Å². The van der Waals surface area contributed by atoms with Gasteiger partial charge in [0, 0.05) is 37.6 Å². The number of rotatable bonds is 3. The van der Waals surface area contributed by atoms with E-state index >= 15 is 0 Å². The largest absolute Gasteiger partial charge is 0.361 e. The van der Waals surface area contributed by atoms with E-state index in [1.54, 1.807) is 0 Å². The lowest BCUT2D eigenvalue weighted by Gasteiger charge is -2.21. The number of carbonyl (C=O) groups is 1. The van der Waals surface area contributed by atoms with Crippen molar-refractivity contribution in [2.24, 2.45) is 11.8 Å². The van der Waals surface area contributed by atoms with Gasteiger partial charge >= 0.3 is 0 Å². The van der Waals surface area contributed by atoms with Crippen LogP contribution in [0.15, 0.2) is 29.0 Å². The molecular formula is C20H26N4O2. The first-order valence-corrected chi connectivity index (χ1v) is 9.45. The van der Waals surface area contributed by atoms with Crippen molar-refractivity contribution in [3.8, 4) is 0 Å². The van der Waals surface area contributed by atoms with E-state index in [1.807, 2.05) is 37.2 Å². The van der Waals surface area contributed by atoms with Gasteiger partial charge in [-0.2, -0.15) is 0 Å². The van der Waals surface area contributed by atoms with Crippen molar-refractivity contribution >= 4 is 5.91 Å². The van der Waals surface area contributed by atoms with Gasteiger partial charge in [-0.1, -0.05) is 11.2 Å². The monoisotopic (exact) mass is 354 g/mol. The quantitative estimate of drug-likeness (QED) is 0.848. The van der Waals surface area contributed by atoms with Gasteiger partial charge in [-0.25, -0.2) is 0 Å². The first kappa shape index (κ1) is 17.2. The maximum atomic E-state index is 12.8. The average molecular weight is 354 g/mol. The molecule has 2 atom stereocenters. The Kier molecular flexibility index (Phi) is 4.76. The van der Waals surface area contributed by atoms with E-state index in [0.717, 1.165) is 56.9 Å². The Hall–Kier alpha value is -2.21. The lowest BCUT2D eigenvalue weighted by molar-refractivity contribution is 0.0769. The third-order valence-corrected chi connectivity index (χ3v) is 5.98. The molecule has 2 aliphatic heterocycles. The van der Waals surface area contributed by atoms with Gasteiger partial charge in [-0.3, -0.25) is 14.7 Å². The number of fused-ring (bicyclic) bond motifs is 1. The molecule has 1 amide bonds.